The zero-order valence-electron chi connectivity index (χ0n) is 16.0. The standard InChI is InChI=1S/C21H19ClN2O5S/c1-2-28-16-8-10-18(11-9-16)29-17-6-4-15(5-7-17)24-21(25)14-3-12-19(22)20(13-14)30(23,26)27/h3-13H,2H2,1H3,(H,24,25)(H2,23,26,27). The number of primary sulfonamides is 1. The summed E-state index contributed by atoms with van der Waals surface area (Å²) in [5.74, 6) is 1.49. The number of nitrogens with two attached hydrogens (primary N) is 1. The first-order valence-electron chi connectivity index (χ1n) is 8.91. The molecule has 30 heavy (non-hydrogen) atoms. The summed E-state index contributed by atoms with van der Waals surface area (Å²) in [6, 6.07) is 17.8. The van der Waals surface area contributed by atoms with Crippen molar-refractivity contribution in [3.05, 3.63) is 77.3 Å². The van der Waals surface area contributed by atoms with E-state index in [1.807, 2.05) is 19.1 Å². The molecule has 0 saturated carbocycles. The summed E-state index contributed by atoms with van der Waals surface area (Å²) < 4.78 is 34.3. The maximum absolute atomic E-state index is 12.4. The molecule has 0 aliphatic heterocycles. The largest absolute Gasteiger partial charge is 0.494 e. The van der Waals surface area contributed by atoms with E-state index in [1.165, 1.54) is 12.1 Å². The predicted molar refractivity (Wildman–Crippen MR) is 115 cm³/mol. The third kappa shape index (κ3) is 5.50. The Labute approximate surface area is 179 Å². The minimum absolute atomic E-state index is 0.0511. The Hall–Kier alpha value is -3.07. The highest BCUT2D eigenvalue weighted by Crippen LogP contribution is 2.26. The highest BCUT2D eigenvalue weighted by Gasteiger charge is 2.16. The summed E-state index contributed by atoms with van der Waals surface area (Å²) in [5.41, 5.74) is 0.615. The number of sulfonamides is 1. The molecule has 0 radical (unpaired) electrons. The minimum Gasteiger partial charge on any atom is -0.494 e. The molecule has 0 saturated heterocycles. The van der Waals surface area contributed by atoms with Gasteiger partial charge < -0.3 is 14.8 Å². The van der Waals surface area contributed by atoms with Crippen LogP contribution in [0.3, 0.4) is 0 Å². The van der Waals surface area contributed by atoms with Crippen molar-refractivity contribution >= 4 is 33.2 Å². The number of ether oxygens (including phenoxy) is 2. The molecular weight excluding hydrogens is 428 g/mol. The summed E-state index contributed by atoms with van der Waals surface area (Å²) >= 11 is 5.84. The minimum atomic E-state index is -4.04. The second-order valence-electron chi connectivity index (χ2n) is 6.18. The van der Waals surface area contributed by atoms with Crippen LogP contribution in [0.1, 0.15) is 17.3 Å². The van der Waals surface area contributed by atoms with Gasteiger partial charge in [-0.25, -0.2) is 13.6 Å². The number of amides is 1. The van der Waals surface area contributed by atoms with E-state index in [9.17, 15) is 13.2 Å². The van der Waals surface area contributed by atoms with E-state index < -0.39 is 15.9 Å². The molecule has 0 fully saturated rings. The number of carbonyl (C=O) groups is 1. The first-order chi connectivity index (χ1) is 14.3. The molecule has 0 aliphatic carbocycles. The Morgan fingerprint density at radius 2 is 1.53 bits per heavy atom. The van der Waals surface area contributed by atoms with Crippen LogP contribution in [0.4, 0.5) is 5.69 Å². The lowest BCUT2D eigenvalue weighted by molar-refractivity contribution is 0.102. The van der Waals surface area contributed by atoms with Gasteiger partial charge in [0.2, 0.25) is 10.0 Å². The fourth-order valence-electron chi connectivity index (χ4n) is 2.58. The molecule has 0 aliphatic rings. The Kier molecular flexibility index (Phi) is 6.61. The van der Waals surface area contributed by atoms with Gasteiger partial charge in [-0.3, -0.25) is 4.79 Å². The van der Waals surface area contributed by atoms with Crippen molar-refractivity contribution in [3.63, 3.8) is 0 Å². The second kappa shape index (κ2) is 9.17. The fourth-order valence-corrected chi connectivity index (χ4v) is 3.65. The van der Waals surface area contributed by atoms with Crippen molar-refractivity contribution in [1.82, 2.24) is 0 Å². The number of hydrogen-bond donors (Lipinski definition) is 2. The molecule has 156 valence electrons. The summed E-state index contributed by atoms with van der Waals surface area (Å²) in [6.07, 6.45) is 0. The third-order valence-electron chi connectivity index (χ3n) is 3.98. The van der Waals surface area contributed by atoms with Gasteiger partial charge in [0.15, 0.2) is 0 Å². The van der Waals surface area contributed by atoms with Gasteiger partial charge in [-0.2, -0.15) is 0 Å². The molecule has 0 unspecified atom stereocenters. The predicted octanol–water partition coefficient (Wildman–Crippen LogP) is 4.43. The molecule has 0 spiro atoms. The van der Waals surface area contributed by atoms with Crippen LogP contribution in [0.25, 0.3) is 0 Å². The van der Waals surface area contributed by atoms with Crippen LogP contribution in [0, 0.1) is 0 Å². The Balaban J connectivity index is 1.67. The van der Waals surface area contributed by atoms with Crippen LogP contribution in [0.5, 0.6) is 17.2 Å². The Bertz CT molecular complexity index is 1150. The lowest BCUT2D eigenvalue weighted by Gasteiger charge is -2.10. The molecule has 0 heterocycles. The Morgan fingerprint density at radius 3 is 2.10 bits per heavy atom. The molecule has 0 aromatic heterocycles. The van der Waals surface area contributed by atoms with E-state index >= 15 is 0 Å². The number of nitrogens with one attached hydrogen (secondary N) is 1. The quantitative estimate of drug-likeness (QED) is 0.558. The van der Waals surface area contributed by atoms with E-state index in [0.29, 0.717) is 23.8 Å². The average molecular weight is 447 g/mol. The zero-order chi connectivity index (χ0) is 21.7. The lowest BCUT2D eigenvalue weighted by Crippen LogP contribution is -2.16. The van der Waals surface area contributed by atoms with Gasteiger partial charge in [0.05, 0.1) is 11.6 Å². The van der Waals surface area contributed by atoms with Gasteiger partial charge in [0, 0.05) is 11.3 Å². The van der Waals surface area contributed by atoms with Crippen LogP contribution in [-0.2, 0) is 10.0 Å². The lowest BCUT2D eigenvalue weighted by atomic mass is 10.2. The van der Waals surface area contributed by atoms with Gasteiger partial charge in [-0.1, -0.05) is 11.6 Å². The molecule has 3 aromatic rings. The highest BCUT2D eigenvalue weighted by molar-refractivity contribution is 7.89. The van der Waals surface area contributed by atoms with Crippen molar-refractivity contribution in [1.29, 1.82) is 0 Å². The van der Waals surface area contributed by atoms with E-state index in [0.717, 1.165) is 11.8 Å². The van der Waals surface area contributed by atoms with Gasteiger partial charge >= 0.3 is 0 Å². The molecule has 3 aromatic carbocycles. The highest BCUT2D eigenvalue weighted by atomic mass is 35.5. The molecule has 3 rings (SSSR count). The van der Waals surface area contributed by atoms with E-state index in [1.54, 1.807) is 36.4 Å². The van der Waals surface area contributed by atoms with Crippen LogP contribution >= 0.6 is 11.6 Å². The molecular formula is C21H19ClN2O5S. The average Bonchev–Trinajstić information content (AvgIpc) is 2.70. The van der Waals surface area contributed by atoms with Crippen LogP contribution in [0.2, 0.25) is 5.02 Å². The summed E-state index contributed by atoms with van der Waals surface area (Å²) in [7, 11) is -4.04. The van der Waals surface area contributed by atoms with Gasteiger partial charge in [-0.05, 0) is 73.7 Å². The van der Waals surface area contributed by atoms with Crippen LogP contribution in [0.15, 0.2) is 71.6 Å². The zero-order valence-corrected chi connectivity index (χ0v) is 17.5. The van der Waals surface area contributed by atoms with Crippen LogP contribution in [-0.4, -0.2) is 20.9 Å². The first kappa shape index (κ1) is 21.6. The van der Waals surface area contributed by atoms with E-state index in [2.05, 4.69) is 5.32 Å². The SMILES string of the molecule is CCOc1ccc(Oc2ccc(NC(=O)c3ccc(Cl)c(S(N)(=O)=O)c3)cc2)cc1. The van der Waals surface area contributed by atoms with Gasteiger partial charge in [0.25, 0.3) is 5.91 Å². The topological polar surface area (TPSA) is 108 Å². The molecule has 7 nitrogen and oxygen atoms in total. The number of carbonyl (C=O) groups excluding carboxylic acids is 1. The number of anilines is 1. The van der Waals surface area contributed by atoms with E-state index in [4.69, 9.17) is 26.2 Å². The fraction of sp³-hybridized carbons (Fsp3) is 0.0952. The molecule has 1 amide bonds. The molecule has 0 atom stereocenters. The van der Waals surface area contributed by atoms with Gasteiger partial charge in [0.1, 0.15) is 22.1 Å². The van der Waals surface area contributed by atoms with Crippen molar-refractivity contribution in [2.75, 3.05) is 11.9 Å². The van der Waals surface area contributed by atoms with Crippen molar-refractivity contribution in [2.24, 2.45) is 5.14 Å². The van der Waals surface area contributed by atoms with E-state index in [-0.39, 0.29) is 15.5 Å². The van der Waals surface area contributed by atoms with Crippen molar-refractivity contribution in [2.45, 2.75) is 11.8 Å². The normalized spacial score (nSPS) is 11.0. The third-order valence-corrected chi connectivity index (χ3v) is 5.37. The summed E-state index contributed by atoms with van der Waals surface area (Å²) in [6.45, 7) is 2.50. The maximum Gasteiger partial charge on any atom is 0.255 e. The number of hydrogen-bond acceptors (Lipinski definition) is 5. The first-order valence-corrected chi connectivity index (χ1v) is 10.8. The molecule has 3 N–H and O–H groups in total. The van der Waals surface area contributed by atoms with Gasteiger partial charge in [-0.15, -0.1) is 0 Å². The smallest absolute Gasteiger partial charge is 0.255 e. The summed E-state index contributed by atoms with van der Waals surface area (Å²) in [4.78, 5) is 12.1. The molecule has 0 bridgehead atoms. The monoisotopic (exact) mass is 446 g/mol. The second-order valence-corrected chi connectivity index (χ2v) is 8.11. The van der Waals surface area contributed by atoms with Crippen molar-refractivity contribution < 1.29 is 22.7 Å². The van der Waals surface area contributed by atoms with Crippen LogP contribution < -0.4 is 19.9 Å². The number of halogens is 1. The number of benzene rings is 3. The summed E-state index contributed by atoms with van der Waals surface area (Å²) in [5, 5.41) is 7.75. The van der Waals surface area contributed by atoms with Crippen molar-refractivity contribution in [3.8, 4) is 17.2 Å². The number of rotatable bonds is 7. The molecule has 9 heteroatoms. The maximum atomic E-state index is 12.4. The Morgan fingerprint density at radius 1 is 0.967 bits per heavy atom.